The zero-order chi connectivity index (χ0) is 31.3. The van der Waals surface area contributed by atoms with Gasteiger partial charge in [-0.05, 0) is 4.57 Å². The van der Waals surface area contributed by atoms with Crippen LogP contribution in [0.2, 0.25) is 0 Å². The monoisotopic (exact) mass is 635 g/mol. The molecule has 7 atom stereocenters. The van der Waals surface area contributed by atoms with E-state index in [1.165, 1.54) is 21.8 Å². The van der Waals surface area contributed by atoms with E-state index in [-0.39, 0.29) is 39.4 Å². The van der Waals surface area contributed by atoms with E-state index >= 15 is 0 Å². The molecule has 10 N–H and O–H groups in total. The van der Waals surface area contributed by atoms with Gasteiger partial charge in [-0.15, -0.1) is 11.4 Å². The highest BCUT2D eigenvalue weighted by molar-refractivity contribution is 7.72. The van der Waals surface area contributed by atoms with Gasteiger partial charge in [0.05, 0.1) is 25.4 Å². The molecular formula is C16H28N8O15PS-. The Bertz CT molecular complexity index is 1180. The zero-order valence-electron chi connectivity index (χ0n) is 20.5. The lowest BCUT2D eigenvalue weighted by Crippen LogP contribution is -2.55. The first kappa shape index (κ1) is 36.1. The van der Waals surface area contributed by atoms with Gasteiger partial charge in [-0.2, -0.15) is 19.1 Å². The zero-order valence-corrected chi connectivity index (χ0v) is 22.2. The topological polar surface area (TPSA) is 386 Å². The lowest BCUT2D eigenvalue weighted by Gasteiger charge is -2.09. The number of aliphatic hydroxyl groups is 4. The third kappa shape index (κ3) is 12.2. The van der Waals surface area contributed by atoms with Gasteiger partial charge in [0.2, 0.25) is 12.7 Å². The van der Waals surface area contributed by atoms with E-state index in [4.69, 9.17) is 59.2 Å². The summed E-state index contributed by atoms with van der Waals surface area (Å²) in [5, 5.41) is 45.4. The predicted molar refractivity (Wildman–Crippen MR) is 123 cm³/mol. The number of aliphatic hydroxyl groups excluding tert-OH is 4. The maximum atomic E-state index is 11.5. The van der Waals surface area contributed by atoms with Crippen LogP contribution >= 0.6 is 8.25 Å². The number of nitrogens with two attached hydrogens (primary N) is 2. The number of nitrogen functional groups attached to an aromatic ring is 2. The molecule has 2 aliphatic heterocycles. The standard InChI is InChI=1S/2C8H12N4O4.HO4P.H2O3S.H2/c2*9-7-10-3-12(8(15)11-7)6-1-4(14)5(2-13)16-6;1-4-5(2)3;1-4(2)3;/h2*3-6,13-14H,1-2H2,(H2,9,11,15);1H;(H2,1,2,3);1H/p-1/t2*4-,5-,6-;;;/m11.../s1. The van der Waals surface area contributed by atoms with Gasteiger partial charge in [0, 0.05) is 14.3 Å². The summed E-state index contributed by atoms with van der Waals surface area (Å²) < 4.78 is 49.6. The number of nitrogens with zero attached hydrogens (tertiary/aromatic N) is 4. The Kier molecular flexibility index (Phi) is 15.6. The first-order chi connectivity index (χ1) is 19.2. The maximum Gasteiger partial charge on any atom is 0.479 e. The number of anilines is 2. The molecular weight excluding hydrogens is 607 g/mol. The van der Waals surface area contributed by atoms with Gasteiger partial charge in [-0.3, -0.25) is 4.21 Å². The molecule has 1 unspecified atom stereocenters. The van der Waals surface area contributed by atoms with Crippen LogP contribution in [-0.4, -0.2) is 91.3 Å². The summed E-state index contributed by atoms with van der Waals surface area (Å²) in [4.78, 5) is 43.9. The van der Waals surface area contributed by atoms with Crippen LogP contribution in [0.1, 0.15) is 26.7 Å². The van der Waals surface area contributed by atoms with Crippen LogP contribution in [0, 0.1) is 0 Å². The van der Waals surface area contributed by atoms with Crippen LogP contribution in [0.15, 0.2) is 22.2 Å². The number of rotatable bonds is 5. The minimum absolute atomic E-state index is 0. The van der Waals surface area contributed by atoms with E-state index in [9.17, 15) is 19.8 Å². The highest BCUT2D eigenvalue weighted by Gasteiger charge is 2.38. The second-order valence-corrected chi connectivity index (χ2v) is 8.67. The van der Waals surface area contributed by atoms with E-state index in [0.29, 0.717) is 0 Å². The SMILES string of the molecule is Nc1nc[n+]([C@H]2C[C@@H](O)[C@@H](CO)O2)c(=O)[nH]1.Nc1nc[n+]([C@H]2C[C@@H](O)[C@@H](CO)O2)c(=O)[nH]1.O=S([O-])[O-].O=[P+]([O-])O[O-].[HH]. The van der Waals surface area contributed by atoms with Crippen molar-refractivity contribution < 1.29 is 73.2 Å². The van der Waals surface area contributed by atoms with Gasteiger partial charge in [0.15, 0.2) is 12.5 Å². The first-order valence-corrected chi connectivity index (χ1v) is 12.9. The largest absolute Gasteiger partial charge is 0.784 e. The van der Waals surface area contributed by atoms with Gasteiger partial charge >= 0.3 is 31.5 Å². The maximum absolute atomic E-state index is 11.5. The number of H-pyrrole nitrogens is 2. The summed E-state index contributed by atoms with van der Waals surface area (Å²) in [5.74, 6) is 0.0250. The van der Waals surface area contributed by atoms with Crippen molar-refractivity contribution >= 4 is 31.5 Å². The average molecular weight is 635 g/mol. The Morgan fingerprint density at radius 3 is 1.54 bits per heavy atom. The molecule has 25 heteroatoms. The van der Waals surface area contributed by atoms with Crippen LogP contribution < -0.4 is 42.1 Å². The molecule has 2 aliphatic rings. The second-order valence-electron chi connectivity index (χ2n) is 7.67. The third-order valence-corrected chi connectivity index (χ3v) is 5.15. The molecule has 2 aromatic heterocycles. The Labute approximate surface area is 233 Å². The second kappa shape index (κ2) is 17.8. The van der Waals surface area contributed by atoms with E-state index < -0.39 is 67.9 Å². The summed E-state index contributed by atoms with van der Waals surface area (Å²) in [7, 11) is -3.15. The summed E-state index contributed by atoms with van der Waals surface area (Å²) >= 11 is -3.11. The fraction of sp³-hybridized carbons (Fsp3) is 0.625. The molecule has 0 radical (unpaired) electrons. The fourth-order valence-electron chi connectivity index (χ4n) is 3.28. The summed E-state index contributed by atoms with van der Waals surface area (Å²) in [6, 6.07) is 0. The molecule has 2 fully saturated rings. The van der Waals surface area contributed by atoms with E-state index in [1.807, 2.05) is 0 Å². The van der Waals surface area contributed by atoms with Crippen LogP contribution in [0.4, 0.5) is 11.9 Å². The number of ether oxygens (including phenoxy) is 2. The molecule has 2 saturated heterocycles. The molecule has 0 aromatic carbocycles. The molecule has 4 rings (SSSR count). The lowest BCUT2D eigenvalue weighted by atomic mass is 10.2. The van der Waals surface area contributed by atoms with Crippen molar-refractivity contribution in [2.75, 3.05) is 24.7 Å². The van der Waals surface area contributed by atoms with Crippen molar-refractivity contribution in [2.24, 2.45) is 0 Å². The number of nitrogens with one attached hydrogen (secondary N) is 2. The van der Waals surface area contributed by atoms with Gasteiger partial charge in [-0.1, -0.05) is 9.97 Å². The van der Waals surface area contributed by atoms with Gasteiger partial charge < -0.3 is 60.6 Å². The Morgan fingerprint density at radius 2 is 1.32 bits per heavy atom. The highest BCUT2D eigenvalue weighted by Crippen LogP contribution is 2.24. The van der Waals surface area contributed by atoms with Crippen LogP contribution in [0.5, 0.6) is 0 Å². The molecule has 0 amide bonds. The average Bonchev–Trinajstić information content (AvgIpc) is 3.45. The molecule has 23 nitrogen and oxygen atoms in total. The minimum atomic E-state index is -3.15. The van der Waals surface area contributed by atoms with Crippen molar-refractivity contribution in [1.29, 1.82) is 0 Å². The summed E-state index contributed by atoms with van der Waals surface area (Å²) in [5.41, 5.74) is 9.66. The summed E-state index contributed by atoms with van der Waals surface area (Å²) in [6.45, 7) is -0.586. The fourth-order valence-corrected chi connectivity index (χ4v) is 3.28. The van der Waals surface area contributed by atoms with Crippen molar-refractivity contribution in [3.8, 4) is 0 Å². The van der Waals surface area contributed by atoms with Gasteiger partial charge in [0.25, 0.3) is 0 Å². The minimum Gasteiger partial charge on any atom is -0.784 e. The molecule has 0 saturated carbocycles. The Hall–Kier alpha value is -2.97. The Balaban J connectivity index is 0.000000613. The molecule has 4 heterocycles. The molecule has 2 aromatic rings. The predicted octanol–water partition coefficient (Wildman–Crippen LogP) is -7.90. The molecule has 0 aliphatic carbocycles. The normalized spacial score (nSPS) is 25.2. The van der Waals surface area contributed by atoms with Crippen LogP contribution in [0.25, 0.3) is 0 Å². The summed E-state index contributed by atoms with van der Waals surface area (Å²) in [6.07, 6.45) is -1.26. The van der Waals surface area contributed by atoms with Crippen molar-refractivity contribution in [2.45, 2.75) is 49.7 Å². The van der Waals surface area contributed by atoms with Crippen LogP contribution in [0.3, 0.4) is 0 Å². The first-order valence-electron chi connectivity index (χ1n) is 10.9. The number of hydrogen-bond acceptors (Lipinski definition) is 19. The van der Waals surface area contributed by atoms with Gasteiger partial charge in [0.1, 0.15) is 12.2 Å². The molecule has 0 bridgehead atoms. The molecule has 41 heavy (non-hydrogen) atoms. The smallest absolute Gasteiger partial charge is 0.479 e. The van der Waals surface area contributed by atoms with E-state index in [0.717, 1.165) is 0 Å². The molecule has 0 spiro atoms. The number of hydrogen-bond donors (Lipinski definition) is 8. The Morgan fingerprint density at radius 1 is 1.00 bits per heavy atom. The van der Waals surface area contributed by atoms with E-state index in [1.54, 1.807) is 0 Å². The third-order valence-electron chi connectivity index (χ3n) is 5.03. The highest BCUT2D eigenvalue weighted by atomic mass is 32.2. The quantitative estimate of drug-likeness (QED) is 0.0497. The van der Waals surface area contributed by atoms with Gasteiger partial charge in [-0.25, -0.2) is 14.3 Å². The van der Waals surface area contributed by atoms with Crippen LogP contribution in [-0.2, 0) is 30.1 Å². The molecule has 234 valence electrons. The number of aromatic nitrogens is 6. The number of aromatic amines is 2. The van der Waals surface area contributed by atoms with E-state index in [2.05, 4.69) is 24.6 Å². The van der Waals surface area contributed by atoms with Crippen molar-refractivity contribution in [1.82, 2.24) is 19.9 Å². The lowest BCUT2D eigenvalue weighted by molar-refractivity contribution is -0.776. The van der Waals surface area contributed by atoms with Crippen molar-refractivity contribution in [3.63, 3.8) is 0 Å². The van der Waals surface area contributed by atoms with Crippen molar-refractivity contribution in [3.05, 3.63) is 33.6 Å².